The number of benzene rings is 2. The van der Waals surface area contributed by atoms with E-state index in [4.69, 9.17) is 4.74 Å². The topological polar surface area (TPSA) is 70.5 Å². The summed E-state index contributed by atoms with van der Waals surface area (Å²) in [7, 11) is 0. The van der Waals surface area contributed by atoms with Crippen molar-refractivity contribution < 1.29 is 23.0 Å². The maximum absolute atomic E-state index is 13.5. The zero-order valence-corrected chi connectivity index (χ0v) is 20.7. The fraction of sp³-hybridized carbons (Fsp3) is 0.310. The van der Waals surface area contributed by atoms with Crippen molar-refractivity contribution in [3.63, 3.8) is 0 Å². The van der Waals surface area contributed by atoms with Gasteiger partial charge < -0.3 is 20.1 Å². The van der Waals surface area contributed by atoms with Crippen LogP contribution in [0.4, 0.5) is 19.0 Å². The molecule has 2 N–H and O–H groups in total. The van der Waals surface area contributed by atoms with E-state index < -0.39 is 18.0 Å². The van der Waals surface area contributed by atoms with Gasteiger partial charge in [0, 0.05) is 42.8 Å². The number of β-amino-alcohol motifs (C(OH)–C–C–N with tert-alkyl or cyclic N) is 1. The Kier molecular flexibility index (Phi) is 7.76. The summed E-state index contributed by atoms with van der Waals surface area (Å²) in [6.07, 6.45) is -1.94. The second kappa shape index (κ2) is 11.4. The summed E-state index contributed by atoms with van der Waals surface area (Å²) in [5, 5.41) is 14.4. The van der Waals surface area contributed by atoms with E-state index in [1.54, 1.807) is 6.20 Å². The van der Waals surface area contributed by atoms with Crippen LogP contribution >= 0.6 is 0 Å². The number of anilines is 1. The van der Waals surface area contributed by atoms with Crippen molar-refractivity contribution in [1.29, 1.82) is 0 Å². The number of pyridine rings is 2. The zero-order chi connectivity index (χ0) is 26.5. The largest absolute Gasteiger partial charge is 0.491 e. The van der Waals surface area contributed by atoms with Gasteiger partial charge in [0.1, 0.15) is 30.0 Å². The molecule has 2 aromatic heterocycles. The third-order valence-corrected chi connectivity index (χ3v) is 6.69. The average molecular weight is 523 g/mol. The van der Waals surface area contributed by atoms with Gasteiger partial charge in [-0.15, -0.1) is 0 Å². The molecule has 1 saturated heterocycles. The normalized spacial score (nSPS) is 15.9. The van der Waals surface area contributed by atoms with Gasteiger partial charge in [0.25, 0.3) is 0 Å². The molecule has 1 fully saturated rings. The third-order valence-electron chi connectivity index (χ3n) is 6.69. The molecule has 0 amide bonds. The number of halogens is 3. The number of likely N-dealkylation sites (tertiary alicyclic amines) is 1. The van der Waals surface area contributed by atoms with E-state index in [0.717, 1.165) is 43.3 Å². The maximum atomic E-state index is 13.5. The molecule has 1 atom stereocenters. The smallest absolute Gasteiger partial charge is 0.433 e. The number of hydrogen-bond donors (Lipinski definition) is 2. The zero-order valence-electron chi connectivity index (χ0n) is 20.7. The monoisotopic (exact) mass is 522 g/mol. The highest BCUT2D eigenvalue weighted by atomic mass is 19.4. The van der Waals surface area contributed by atoms with E-state index in [-0.39, 0.29) is 18.2 Å². The Labute approximate surface area is 219 Å². The van der Waals surface area contributed by atoms with Crippen LogP contribution in [0.1, 0.15) is 18.5 Å². The molecular formula is C29H29F3N4O2. The van der Waals surface area contributed by atoms with E-state index in [2.05, 4.69) is 20.2 Å². The van der Waals surface area contributed by atoms with Crippen LogP contribution in [0.15, 0.2) is 79.0 Å². The molecule has 0 radical (unpaired) electrons. The fourth-order valence-corrected chi connectivity index (χ4v) is 4.73. The van der Waals surface area contributed by atoms with Crippen molar-refractivity contribution in [3.8, 4) is 16.9 Å². The Morgan fingerprint density at radius 3 is 2.34 bits per heavy atom. The summed E-state index contributed by atoms with van der Waals surface area (Å²) in [5.74, 6) is 1.25. The number of aliphatic hydroxyl groups excluding tert-OH is 1. The molecule has 0 bridgehead atoms. The number of piperidine rings is 1. The van der Waals surface area contributed by atoms with Crippen LogP contribution in [-0.4, -0.2) is 58.4 Å². The molecular weight excluding hydrogens is 493 g/mol. The number of aliphatic hydroxyl groups is 1. The minimum absolute atomic E-state index is 0.101. The van der Waals surface area contributed by atoms with Crippen LogP contribution in [-0.2, 0) is 6.18 Å². The van der Waals surface area contributed by atoms with Gasteiger partial charge in [-0.2, -0.15) is 13.2 Å². The number of fused-ring (bicyclic) bond motifs is 1. The van der Waals surface area contributed by atoms with Crippen LogP contribution in [0.3, 0.4) is 0 Å². The van der Waals surface area contributed by atoms with Crippen molar-refractivity contribution in [2.75, 3.05) is 31.6 Å². The number of hydrogen-bond acceptors (Lipinski definition) is 6. The van der Waals surface area contributed by atoms with Crippen molar-refractivity contribution in [2.24, 2.45) is 0 Å². The fourth-order valence-electron chi connectivity index (χ4n) is 4.73. The van der Waals surface area contributed by atoms with Crippen LogP contribution in [0.25, 0.3) is 22.0 Å². The molecule has 9 heteroatoms. The van der Waals surface area contributed by atoms with Gasteiger partial charge in [0.15, 0.2) is 0 Å². The van der Waals surface area contributed by atoms with Gasteiger partial charge in [0.2, 0.25) is 0 Å². The van der Waals surface area contributed by atoms with Crippen LogP contribution in [0, 0.1) is 0 Å². The lowest BCUT2D eigenvalue weighted by Crippen LogP contribution is -2.43. The lowest BCUT2D eigenvalue weighted by Gasteiger charge is -2.33. The van der Waals surface area contributed by atoms with E-state index in [0.29, 0.717) is 23.3 Å². The number of nitrogens with zero attached hydrogens (tertiary/aromatic N) is 3. The van der Waals surface area contributed by atoms with Crippen LogP contribution in [0.2, 0.25) is 0 Å². The number of rotatable bonds is 8. The van der Waals surface area contributed by atoms with E-state index in [1.807, 2.05) is 60.7 Å². The number of nitrogens with one attached hydrogen (secondary N) is 1. The minimum atomic E-state index is -4.54. The summed E-state index contributed by atoms with van der Waals surface area (Å²) in [5.41, 5.74) is 0.648. The van der Waals surface area contributed by atoms with E-state index in [1.165, 1.54) is 6.07 Å². The quantitative estimate of drug-likeness (QED) is 0.313. The number of alkyl halides is 3. The molecule has 0 spiro atoms. The molecule has 0 aliphatic carbocycles. The minimum Gasteiger partial charge on any atom is -0.491 e. The average Bonchev–Trinajstić information content (AvgIpc) is 2.93. The van der Waals surface area contributed by atoms with Gasteiger partial charge in [-0.1, -0.05) is 48.5 Å². The Balaban J connectivity index is 1.25. The summed E-state index contributed by atoms with van der Waals surface area (Å²) >= 11 is 0. The van der Waals surface area contributed by atoms with Crippen molar-refractivity contribution in [1.82, 2.24) is 14.9 Å². The summed E-state index contributed by atoms with van der Waals surface area (Å²) in [6.45, 7) is 2.28. The summed E-state index contributed by atoms with van der Waals surface area (Å²) in [4.78, 5) is 10.8. The lowest BCUT2D eigenvalue weighted by atomic mass is 10.0. The second-order valence-electron chi connectivity index (χ2n) is 9.47. The predicted octanol–water partition coefficient (Wildman–Crippen LogP) is 5.63. The van der Waals surface area contributed by atoms with Gasteiger partial charge in [-0.3, -0.25) is 0 Å². The molecule has 2 aromatic carbocycles. The molecule has 38 heavy (non-hydrogen) atoms. The Hall–Kier alpha value is -3.69. The molecule has 0 saturated carbocycles. The SMILES string of the molecule is OC(COc1ccccc1)CN1CCC(Nc2ncc(-c3ccccc3)c3nc(C(F)(F)F)ccc23)CC1. The molecule has 6 nitrogen and oxygen atoms in total. The van der Waals surface area contributed by atoms with Crippen LogP contribution < -0.4 is 10.1 Å². The van der Waals surface area contributed by atoms with Crippen molar-refractivity contribution >= 4 is 16.7 Å². The molecule has 3 heterocycles. The maximum Gasteiger partial charge on any atom is 0.433 e. The molecule has 198 valence electrons. The number of aromatic nitrogens is 2. The highest BCUT2D eigenvalue weighted by Gasteiger charge is 2.33. The predicted molar refractivity (Wildman–Crippen MR) is 141 cm³/mol. The molecule has 5 rings (SSSR count). The third kappa shape index (κ3) is 6.23. The van der Waals surface area contributed by atoms with Crippen molar-refractivity contribution in [2.45, 2.75) is 31.2 Å². The van der Waals surface area contributed by atoms with Gasteiger partial charge in [0.05, 0.1) is 5.52 Å². The van der Waals surface area contributed by atoms with E-state index >= 15 is 0 Å². The summed E-state index contributed by atoms with van der Waals surface area (Å²) < 4.78 is 46.0. The van der Waals surface area contributed by atoms with Crippen molar-refractivity contribution in [3.05, 3.63) is 84.7 Å². The first-order valence-corrected chi connectivity index (χ1v) is 12.6. The molecule has 1 unspecified atom stereocenters. The first-order valence-electron chi connectivity index (χ1n) is 12.6. The molecule has 1 aliphatic heterocycles. The standard InChI is InChI=1S/C29H29F3N4O2/c30-29(31,32)26-12-11-24-27(35-26)25(20-7-3-1-4-8-20)17-33-28(24)34-21-13-15-36(16-14-21)18-22(37)19-38-23-9-5-2-6-10-23/h1-12,17,21-22,37H,13-16,18-19H2,(H,33,34). The molecule has 4 aromatic rings. The Morgan fingerprint density at radius 2 is 1.66 bits per heavy atom. The second-order valence-corrected chi connectivity index (χ2v) is 9.47. The summed E-state index contributed by atoms with van der Waals surface area (Å²) in [6, 6.07) is 21.1. The van der Waals surface area contributed by atoms with Gasteiger partial charge >= 0.3 is 6.18 Å². The first-order chi connectivity index (χ1) is 18.4. The first kappa shape index (κ1) is 25.9. The number of ether oxygens (including phenoxy) is 1. The Morgan fingerprint density at radius 1 is 0.974 bits per heavy atom. The van der Waals surface area contributed by atoms with E-state index in [9.17, 15) is 18.3 Å². The molecule has 1 aliphatic rings. The highest BCUT2D eigenvalue weighted by Crippen LogP contribution is 2.35. The van der Waals surface area contributed by atoms with Crippen LogP contribution in [0.5, 0.6) is 5.75 Å². The number of para-hydroxylation sites is 1. The van der Waals surface area contributed by atoms with Gasteiger partial charge in [-0.05, 0) is 42.7 Å². The van der Waals surface area contributed by atoms with Gasteiger partial charge in [-0.25, -0.2) is 9.97 Å². The highest BCUT2D eigenvalue weighted by molar-refractivity contribution is 5.99. The lowest BCUT2D eigenvalue weighted by molar-refractivity contribution is -0.140. The Bertz CT molecular complexity index is 1340.